The molecule has 0 saturated carbocycles. The Hall–Kier alpha value is -0.0800. The predicted molar refractivity (Wildman–Crippen MR) is 55.3 cm³/mol. The zero-order chi connectivity index (χ0) is 9.61. The lowest BCUT2D eigenvalue weighted by atomic mass is 10.00. The van der Waals surface area contributed by atoms with Crippen LogP contribution in [0.5, 0.6) is 0 Å². The van der Waals surface area contributed by atoms with E-state index < -0.39 is 0 Å². The lowest BCUT2D eigenvalue weighted by Gasteiger charge is -2.29. The molecule has 0 aliphatic heterocycles. The molecular weight excluding hydrogens is 148 g/mol. The van der Waals surface area contributed by atoms with Crippen LogP contribution < -0.4 is 5.73 Å². The van der Waals surface area contributed by atoms with E-state index in [1.165, 1.54) is 19.4 Å². The number of nitrogens with two attached hydrogens (primary N) is 1. The van der Waals surface area contributed by atoms with Gasteiger partial charge >= 0.3 is 0 Å². The van der Waals surface area contributed by atoms with Crippen molar-refractivity contribution in [2.45, 2.75) is 45.6 Å². The predicted octanol–water partition coefficient (Wildman–Crippen LogP) is 1.85. The zero-order valence-electron chi connectivity index (χ0n) is 9.06. The molecule has 0 aliphatic carbocycles. The molecule has 0 fully saturated rings. The molecule has 2 heteroatoms. The topological polar surface area (TPSA) is 29.3 Å². The van der Waals surface area contributed by atoms with Crippen LogP contribution in [0.1, 0.15) is 40.0 Å². The maximum atomic E-state index is 6.05. The molecular formula is C10H24N2. The molecule has 1 atom stereocenters. The van der Waals surface area contributed by atoms with Gasteiger partial charge in [-0.15, -0.1) is 0 Å². The van der Waals surface area contributed by atoms with Crippen LogP contribution in [0.3, 0.4) is 0 Å². The lowest BCUT2D eigenvalue weighted by molar-refractivity contribution is 0.250. The van der Waals surface area contributed by atoms with Gasteiger partial charge in [0.1, 0.15) is 0 Å². The maximum absolute atomic E-state index is 6.05. The zero-order valence-corrected chi connectivity index (χ0v) is 9.06. The highest BCUT2D eigenvalue weighted by Crippen LogP contribution is 2.06. The van der Waals surface area contributed by atoms with Gasteiger partial charge in [-0.1, -0.05) is 20.3 Å². The summed E-state index contributed by atoms with van der Waals surface area (Å²) in [5.74, 6) is 0. The van der Waals surface area contributed by atoms with Gasteiger partial charge in [0.05, 0.1) is 0 Å². The SMILES string of the molecule is CCCCN(C)CC(C)(N)CC. The van der Waals surface area contributed by atoms with E-state index in [1.807, 2.05) is 0 Å². The van der Waals surface area contributed by atoms with Crippen molar-refractivity contribution in [3.05, 3.63) is 0 Å². The smallest absolute Gasteiger partial charge is 0.0251 e. The van der Waals surface area contributed by atoms with Gasteiger partial charge in [-0.3, -0.25) is 0 Å². The Morgan fingerprint density at radius 2 is 1.92 bits per heavy atom. The molecule has 74 valence electrons. The molecule has 0 aromatic rings. The molecule has 0 spiro atoms. The number of unbranched alkanes of at least 4 members (excludes halogenated alkanes) is 1. The van der Waals surface area contributed by atoms with E-state index in [4.69, 9.17) is 5.73 Å². The summed E-state index contributed by atoms with van der Waals surface area (Å²) in [6.07, 6.45) is 3.58. The van der Waals surface area contributed by atoms with Crippen LogP contribution in [0.25, 0.3) is 0 Å². The van der Waals surface area contributed by atoms with Gasteiger partial charge < -0.3 is 10.6 Å². The molecule has 0 amide bonds. The Labute approximate surface area is 77.1 Å². The second-order valence-electron chi connectivity index (χ2n) is 4.10. The van der Waals surface area contributed by atoms with Crippen LogP contribution in [0, 0.1) is 0 Å². The molecule has 0 aromatic heterocycles. The van der Waals surface area contributed by atoms with Crippen molar-refractivity contribution in [3.8, 4) is 0 Å². The number of rotatable bonds is 6. The molecule has 0 radical (unpaired) electrons. The number of nitrogens with zero attached hydrogens (tertiary/aromatic N) is 1. The highest BCUT2D eigenvalue weighted by atomic mass is 15.1. The van der Waals surface area contributed by atoms with E-state index in [0.29, 0.717) is 0 Å². The Balaban J connectivity index is 3.60. The molecule has 0 heterocycles. The monoisotopic (exact) mass is 172 g/mol. The minimum absolute atomic E-state index is 0.0114. The number of hydrogen-bond acceptors (Lipinski definition) is 2. The van der Waals surface area contributed by atoms with Gasteiger partial charge in [-0.05, 0) is 33.4 Å². The quantitative estimate of drug-likeness (QED) is 0.662. The summed E-state index contributed by atoms with van der Waals surface area (Å²) in [7, 11) is 2.15. The largest absolute Gasteiger partial charge is 0.324 e. The van der Waals surface area contributed by atoms with Crippen LogP contribution in [-0.4, -0.2) is 30.6 Å². The van der Waals surface area contributed by atoms with Crippen LogP contribution in [-0.2, 0) is 0 Å². The van der Waals surface area contributed by atoms with E-state index in [0.717, 1.165) is 13.0 Å². The van der Waals surface area contributed by atoms with Crippen LogP contribution in [0.15, 0.2) is 0 Å². The Bertz CT molecular complexity index is 110. The third-order valence-corrected chi connectivity index (χ3v) is 2.33. The highest BCUT2D eigenvalue weighted by Gasteiger charge is 2.17. The van der Waals surface area contributed by atoms with Crippen molar-refractivity contribution in [2.24, 2.45) is 5.73 Å². The van der Waals surface area contributed by atoms with Gasteiger partial charge in [-0.25, -0.2) is 0 Å². The van der Waals surface area contributed by atoms with Crippen molar-refractivity contribution < 1.29 is 0 Å². The van der Waals surface area contributed by atoms with E-state index >= 15 is 0 Å². The molecule has 0 bridgehead atoms. The van der Waals surface area contributed by atoms with Crippen LogP contribution in [0.4, 0.5) is 0 Å². The van der Waals surface area contributed by atoms with Gasteiger partial charge in [0, 0.05) is 12.1 Å². The van der Waals surface area contributed by atoms with Crippen molar-refractivity contribution in [1.29, 1.82) is 0 Å². The summed E-state index contributed by atoms with van der Waals surface area (Å²) < 4.78 is 0. The average Bonchev–Trinajstić information content (AvgIpc) is 2.00. The summed E-state index contributed by atoms with van der Waals surface area (Å²) in [4.78, 5) is 2.33. The minimum Gasteiger partial charge on any atom is -0.324 e. The standard InChI is InChI=1S/C10H24N2/c1-5-7-8-12(4)9-10(3,11)6-2/h5-9,11H2,1-4H3. The first-order valence-electron chi connectivity index (χ1n) is 4.99. The van der Waals surface area contributed by atoms with E-state index in [9.17, 15) is 0 Å². The number of hydrogen-bond donors (Lipinski definition) is 1. The average molecular weight is 172 g/mol. The molecule has 0 saturated heterocycles. The summed E-state index contributed by atoms with van der Waals surface area (Å²) in [6, 6.07) is 0. The minimum atomic E-state index is -0.0114. The summed E-state index contributed by atoms with van der Waals surface area (Å²) in [5.41, 5.74) is 6.04. The molecule has 1 unspecified atom stereocenters. The first kappa shape index (κ1) is 11.9. The first-order valence-corrected chi connectivity index (χ1v) is 4.99. The molecule has 2 N–H and O–H groups in total. The van der Waals surface area contributed by atoms with Gasteiger partial charge in [-0.2, -0.15) is 0 Å². The summed E-state index contributed by atoms with van der Waals surface area (Å²) in [5, 5.41) is 0. The van der Waals surface area contributed by atoms with Crippen molar-refractivity contribution in [3.63, 3.8) is 0 Å². The summed E-state index contributed by atoms with van der Waals surface area (Å²) >= 11 is 0. The lowest BCUT2D eigenvalue weighted by Crippen LogP contribution is -2.46. The highest BCUT2D eigenvalue weighted by molar-refractivity contribution is 4.79. The fourth-order valence-corrected chi connectivity index (χ4v) is 1.24. The normalized spacial score (nSPS) is 16.5. The molecule has 12 heavy (non-hydrogen) atoms. The maximum Gasteiger partial charge on any atom is 0.0251 e. The fraction of sp³-hybridized carbons (Fsp3) is 1.00. The molecule has 0 rings (SSSR count). The van der Waals surface area contributed by atoms with E-state index in [-0.39, 0.29) is 5.54 Å². The van der Waals surface area contributed by atoms with E-state index in [1.54, 1.807) is 0 Å². The Kier molecular flexibility index (Phi) is 5.51. The van der Waals surface area contributed by atoms with Crippen LogP contribution in [0.2, 0.25) is 0 Å². The first-order chi connectivity index (χ1) is 5.52. The Morgan fingerprint density at radius 1 is 1.33 bits per heavy atom. The third-order valence-electron chi connectivity index (χ3n) is 2.33. The molecule has 0 aliphatic rings. The second-order valence-corrected chi connectivity index (χ2v) is 4.10. The Morgan fingerprint density at radius 3 is 2.33 bits per heavy atom. The third kappa shape index (κ3) is 5.56. The van der Waals surface area contributed by atoms with Crippen molar-refractivity contribution in [1.82, 2.24) is 4.90 Å². The van der Waals surface area contributed by atoms with Crippen molar-refractivity contribution >= 4 is 0 Å². The van der Waals surface area contributed by atoms with Crippen LogP contribution >= 0.6 is 0 Å². The second kappa shape index (κ2) is 5.55. The van der Waals surface area contributed by atoms with Gasteiger partial charge in [0.15, 0.2) is 0 Å². The van der Waals surface area contributed by atoms with Gasteiger partial charge in [0.2, 0.25) is 0 Å². The fourth-order valence-electron chi connectivity index (χ4n) is 1.24. The van der Waals surface area contributed by atoms with Gasteiger partial charge in [0.25, 0.3) is 0 Å². The molecule has 0 aromatic carbocycles. The number of likely N-dealkylation sites (N-methyl/N-ethyl adjacent to an activating group) is 1. The van der Waals surface area contributed by atoms with Crippen molar-refractivity contribution in [2.75, 3.05) is 20.1 Å². The summed E-state index contributed by atoms with van der Waals surface area (Å²) in [6.45, 7) is 8.66. The molecule has 2 nitrogen and oxygen atoms in total. The van der Waals surface area contributed by atoms with E-state index in [2.05, 4.69) is 32.7 Å².